The molecule has 0 saturated heterocycles. The summed E-state index contributed by atoms with van der Waals surface area (Å²) < 4.78 is 5.00. The molecule has 1 atom stereocenters. The van der Waals surface area contributed by atoms with E-state index < -0.39 is 23.9 Å². The van der Waals surface area contributed by atoms with E-state index in [1.165, 1.54) is 0 Å². The molecule has 0 unspecified atom stereocenters. The third-order valence-electron chi connectivity index (χ3n) is 3.81. The Morgan fingerprint density at radius 1 is 1.04 bits per heavy atom. The van der Waals surface area contributed by atoms with Crippen LogP contribution in [0.1, 0.15) is 16.7 Å². The molecule has 2 aromatic carbocycles. The topological polar surface area (TPSA) is 134 Å². The first kappa shape index (κ1) is 20.5. The van der Waals surface area contributed by atoms with Crippen molar-refractivity contribution in [2.75, 3.05) is 6.54 Å². The number of nitriles is 1. The lowest BCUT2D eigenvalue weighted by Gasteiger charge is -2.16. The van der Waals surface area contributed by atoms with E-state index >= 15 is 0 Å². The van der Waals surface area contributed by atoms with Crippen LogP contribution in [-0.2, 0) is 27.4 Å². The molecule has 28 heavy (non-hydrogen) atoms. The summed E-state index contributed by atoms with van der Waals surface area (Å²) in [6, 6.07) is 16.7. The SMILES string of the molecule is N#Cc1ccc(C[C@@H](NC(=O)CNC(=O)OCc2ccccc2)C(N)=O)cc1. The van der Waals surface area contributed by atoms with Crippen molar-refractivity contribution >= 4 is 17.9 Å². The predicted octanol–water partition coefficient (Wildman–Crippen LogP) is 0.997. The van der Waals surface area contributed by atoms with Crippen LogP contribution in [0.2, 0.25) is 0 Å². The highest BCUT2D eigenvalue weighted by molar-refractivity contribution is 5.88. The number of nitrogens with two attached hydrogens (primary N) is 1. The molecule has 144 valence electrons. The van der Waals surface area contributed by atoms with Gasteiger partial charge in [0.25, 0.3) is 0 Å². The van der Waals surface area contributed by atoms with Crippen LogP contribution >= 0.6 is 0 Å². The van der Waals surface area contributed by atoms with Crippen molar-refractivity contribution in [3.05, 3.63) is 71.3 Å². The minimum Gasteiger partial charge on any atom is -0.445 e. The molecule has 3 amide bonds. The lowest BCUT2D eigenvalue weighted by Crippen LogP contribution is -2.49. The van der Waals surface area contributed by atoms with Gasteiger partial charge in [-0.3, -0.25) is 9.59 Å². The molecule has 0 aliphatic rings. The van der Waals surface area contributed by atoms with Gasteiger partial charge >= 0.3 is 6.09 Å². The van der Waals surface area contributed by atoms with E-state index in [0.717, 1.165) is 11.1 Å². The maximum atomic E-state index is 12.0. The fourth-order valence-electron chi connectivity index (χ4n) is 2.35. The fourth-order valence-corrected chi connectivity index (χ4v) is 2.35. The van der Waals surface area contributed by atoms with Crippen LogP contribution in [-0.4, -0.2) is 30.5 Å². The first-order valence-electron chi connectivity index (χ1n) is 8.50. The number of nitrogens with zero attached hydrogens (tertiary/aromatic N) is 1. The van der Waals surface area contributed by atoms with Gasteiger partial charge in [0.2, 0.25) is 11.8 Å². The van der Waals surface area contributed by atoms with E-state index in [1.807, 2.05) is 24.3 Å². The summed E-state index contributed by atoms with van der Waals surface area (Å²) in [6.07, 6.45) is -0.577. The van der Waals surface area contributed by atoms with Crippen LogP contribution in [0.4, 0.5) is 4.79 Å². The summed E-state index contributed by atoms with van der Waals surface area (Å²) in [7, 11) is 0. The Balaban J connectivity index is 1.78. The number of carbonyl (C=O) groups is 3. The number of rotatable bonds is 8. The smallest absolute Gasteiger partial charge is 0.407 e. The second-order valence-electron chi connectivity index (χ2n) is 5.95. The third-order valence-corrected chi connectivity index (χ3v) is 3.81. The summed E-state index contributed by atoms with van der Waals surface area (Å²) in [5.74, 6) is -1.28. The van der Waals surface area contributed by atoms with Gasteiger partial charge in [0, 0.05) is 6.42 Å². The van der Waals surface area contributed by atoms with E-state index in [4.69, 9.17) is 15.7 Å². The molecule has 0 heterocycles. The number of ether oxygens (including phenoxy) is 1. The van der Waals surface area contributed by atoms with E-state index in [1.54, 1.807) is 36.4 Å². The van der Waals surface area contributed by atoms with Gasteiger partial charge in [-0.2, -0.15) is 5.26 Å². The third kappa shape index (κ3) is 6.80. The molecular formula is C20H20N4O4. The van der Waals surface area contributed by atoms with Crippen LogP contribution < -0.4 is 16.4 Å². The number of alkyl carbamates (subject to hydrolysis) is 1. The Labute approximate surface area is 162 Å². The zero-order valence-electron chi connectivity index (χ0n) is 15.1. The molecule has 8 heteroatoms. The lowest BCUT2D eigenvalue weighted by atomic mass is 10.0. The molecule has 2 aromatic rings. The Morgan fingerprint density at radius 2 is 1.71 bits per heavy atom. The molecule has 0 aliphatic carbocycles. The molecule has 4 N–H and O–H groups in total. The van der Waals surface area contributed by atoms with Crippen molar-refractivity contribution in [1.82, 2.24) is 10.6 Å². The number of primary amides is 1. The van der Waals surface area contributed by atoms with Gasteiger partial charge in [-0.1, -0.05) is 42.5 Å². The van der Waals surface area contributed by atoms with Crippen molar-refractivity contribution in [2.45, 2.75) is 19.1 Å². The van der Waals surface area contributed by atoms with E-state index in [9.17, 15) is 14.4 Å². The van der Waals surface area contributed by atoms with Crippen molar-refractivity contribution in [3.63, 3.8) is 0 Å². The van der Waals surface area contributed by atoms with Crippen LogP contribution in [0.3, 0.4) is 0 Å². The average Bonchev–Trinajstić information content (AvgIpc) is 2.71. The van der Waals surface area contributed by atoms with Gasteiger partial charge < -0.3 is 21.1 Å². The lowest BCUT2D eigenvalue weighted by molar-refractivity contribution is -0.126. The van der Waals surface area contributed by atoms with E-state index in [0.29, 0.717) is 5.56 Å². The number of benzene rings is 2. The molecule has 2 rings (SSSR count). The molecule has 8 nitrogen and oxygen atoms in total. The van der Waals surface area contributed by atoms with Crippen LogP contribution in [0.15, 0.2) is 54.6 Å². The predicted molar refractivity (Wildman–Crippen MR) is 101 cm³/mol. The summed E-state index contributed by atoms with van der Waals surface area (Å²) in [5.41, 5.74) is 7.38. The summed E-state index contributed by atoms with van der Waals surface area (Å²) in [4.78, 5) is 35.3. The Hall–Kier alpha value is -3.86. The maximum absolute atomic E-state index is 12.0. The largest absolute Gasteiger partial charge is 0.445 e. The summed E-state index contributed by atoms with van der Waals surface area (Å²) in [5, 5.41) is 13.6. The molecule has 0 saturated carbocycles. The van der Waals surface area contributed by atoms with E-state index in [2.05, 4.69) is 10.6 Å². The minimum atomic E-state index is -0.942. The molecule has 0 spiro atoms. The quantitative estimate of drug-likeness (QED) is 0.628. The molecule has 0 fully saturated rings. The molecule has 0 radical (unpaired) electrons. The van der Waals surface area contributed by atoms with Crippen LogP contribution in [0.5, 0.6) is 0 Å². The van der Waals surface area contributed by atoms with Crippen LogP contribution in [0.25, 0.3) is 0 Å². The minimum absolute atomic E-state index is 0.0803. The highest BCUT2D eigenvalue weighted by Crippen LogP contribution is 2.06. The van der Waals surface area contributed by atoms with Gasteiger partial charge in [-0.25, -0.2) is 4.79 Å². The van der Waals surface area contributed by atoms with Crippen molar-refractivity contribution in [1.29, 1.82) is 5.26 Å². The van der Waals surface area contributed by atoms with Crippen molar-refractivity contribution in [3.8, 4) is 6.07 Å². The number of carbonyl (C=O) groups excluding carboxylic acids is 3. The Morgan fingerprint density at radius 3 is 2.32 bits per heavy atom. The standard InChI is InChI=1S/C20H20N4O4/c21-11-15-8-6-14(7-9-15)10-17(19(22)26)24-18(25)12-23-20(27)28-13-16-4-2-1-3-5-16/h1-9,17H,10,12-13H2,(H2,22,26)(H,23,27)(H,24,25)/t17-/m1/s1. The highest BCUT2D eigenvalue weighted by atomic mass is 16.5. The second-order valence-corrected chi connectivity index (χ2v) is 5.95. The zero-order valence-corrected chi connectivity index (χ0v) is 15.1. The number of hydrogen-bond donors (Lipinski definition) is 3. The van der Waals surface area contributed by atoms with Gasteiger partial charge in [-0.15, -0.1) is 0 Å². The van der Waals surface area contributed by atoms with Gasteiger partial charge in [-0.05, 0) is 23.3 Å². The van der Waals surface area contributed by atoms with Crippen molar-refractivity contribution in [2.24, 2.45) is 5.73 Å². The molecule has 0 aliphatic heterocycles. The fraction of sp³-hybridized carbons (Fsp3) is 0.200. The second kappa shape index (κ2) is 10.3. The summed E-state index contributed by atoms with van der Waals surface area (Å²) in [6.45, 7) is -0.276. The molecule has 0 aromatic heterocycles. The number of amides is 3. The summed E-state index contributed by atoms with van der Waals surface area (Å²) >= 11 is 0. The molecule has 0 bridgehead atoms. The van der Waals surface area contributed by atoms with E-state index in [-0.39, 0.29) is 19.6 Å². The Bertz CT molecular complexity index is 860. The first-order chi connectivity index (χ1) is 13.5. The van der Waals surface area contributed by atoms with Gasteiger partial charge in [0.1, 0.15) is 19.2 Å². The Kier molecular flexibility index (Phi) is 7.54. The first-order valence-corrected chi connectivity index (χ1v) is 8.50. The molecular weight excluding hydrogens is 360 g/mol. The average molecular weight is 380 g/mol. The highest BCUT2D eigenvalue weighted by Gasteiger charge is 2.19. The van der Waals surface area contributed by atoms with Gasteiger partial charge in [0.15, 0.2) is 0 Å². The van der Waals surface area contributed by atoms with Crippen LogP contribution in [0, 0.1) is 11.3 Å². The number of nitrogens with one attached hydrogen (secondary N) is 2. The van der Waals surface area contributed by atoms with Crippen molar-refractivity contribution < 1.29 is 19.1 Å². The maximum Gasteiger partial charge on any atom is 0.407 e. The monoisotopic (exact) mass is 380 g/mol. The van der Waals surface area contributed by atoms with Gasteiger partial charge in [0.05, 0.1) is 11.6 Å². The zero-order chi connectivity index (χ0) is 20.4. The normalized spacial score (nSPS) is 11.0. The number of hydrogen-bond acceptors (Lipinski definition) is 5.